The zero-order valence-electron chi connectivity index (χ0n) is 17.7. The number of benzene rings is 3. The van der Waals surface area contributed by atoms with E-state index in [1.807, 2.05) is 0 Å². The Kier molecular flexibility index (Phi) is 5.65. The summed E-state index contributed by atoms with van der Waals surface area (Å²) in [6.45, 7) is 0.109. The SMILES string of the molecule is COc1cc(C=C2N=C(c3ccc(Cl)cc3)OC2=O)ccc1OC(=O)c1ccc2c(c1)OCO2. The maximum absolute atomic E-state index is 12.6. The summed E-state index contributed by atoms with van der Waals surface area (Å²) < 4.78 is 26.7. The molecule has 3 aromatic carbocycles. The van der Waals surface area contributed by atoms with E-state index in [0.29, 0.717) is 39.0 Å². The molecule has 0 N–H and O–H groups in total. The van der Waals surface area contributed by atoms with E-state index in [2.05, 4.69) is 4.99 Å². The van der Waals surface area contributed by atoms with Crippen molar-refractivity contribution in [2.24, 2.45) is 4.99 Å². The van der Waals surface area contributed by atoms with Gasteiger partial charge in [-0.15, -0.1) is 0 Å². The van der Waals surface area contributed by atoms with Gasteiger partial charge in [-0.2, -0.15) is 0 Å². The van der Waals surface area contributed by atoms with E-state index in [1.165, 1.54) is 7.11 Å². The fraction of sp³-hybridized carbons (Fsp3) is 0.0800. The second-order valence-electron chi connectivity index (χ2n) is 7.21. The molecule has 9 heteroatoms. The summed E-state index contributed by atoms with van der Waals surface area (Å²) >= 11 is 5.90. The van der Waals surface area contributed by atoms with Crippen LogP contribution in [0.4, 0.5) is 0 Å². The van der Waals surface area contributed by atoms with Gasteiger partial charge in [-0.25, -0.2) is 14.6 Å². The minimum absolute atomic E-state index is 0.109. The summed E-state index contributed by atoms with van der Waals surface area (Å²) in [6.07, 6.45) is 1.55. The van der Waals surface area contributed by atoms with Gasteiger partial charge in [0, 0.05) is 10.6 Å². The number of fused-ring (bicyclic) bond motifs is 1. The van der Waals surface area contributed by atoms with Crippen LogP contribution in [0.15, 0.2) is 71.4 Å². The summed E-state index contributed by atoms with van der Waals surface area (Å²) in [4.78, 5) is 29.2. The quantitative estimate of drug-likeness (QED) is 0.300. The highest BCUT2D eigenvalue weighted by Gasteiger charge is 2.24. The Bertz CT molecular complexity index is 1360. The molecule has 8 nitrogen and oxygen atoms in total. The first kappa shape index (κ1) is 21.5. The second kappa shape index (κ2) is 8.92. The van der Waals surface area contributed by atoms with E-state index >= 15 is 0 Å². The first-order valence-corrected chi connectivity index (χ1v) is 10.5. The number of ether oxygens (including phenoxy) is 5. The highest BCUT2D eigenvalue weighted by molar-refractivity contribution is 6.30. The molecular formula is C25H16ClNO7. The van der Waals surface area contributed by atoms with Crippen molar-refractivity contribution >= 4 is 35.5 Å². The Morgan fingerprint density at radius 2 is 1.79 bits per heavy atom. The van der Waals surface area contributed by atoms with Gasteiger partial charge in [0.25, 0.3) is 0 Å². The standard InChI is InChI=1S/C25H16ClNO7/c1-30-21-11-14(10-18-25(29)34-23(27-18)15-3-6-17(26)7-4-15)2-8-20(21)33-24(28)16-5-9-19-22(12-16)32-13-31-19/h2-12H,13H2,1H3. The highest BCUT2D eigenvalue weighted by Crippen LogP contribution is 2.34. The van der Waals surface area contributed by atoms with E-state index < -0.39 is 11.9 Å². The number of hydrogen-bond acceptors (Lipinski definition) is 8. The van der Waals surface area contributed by atoms with Crippen LogP contribution in [0.3, 0.4) is 0 Å². The zero-order chi connectivity index (χ0) is 23.7. The molecule has 0 aromatic heterocycles. The predicted octanol–water partition coefficient (Wildman–Crippen LogP) is 4.64. The van der Waals surface area contributed by atoms with Crippen LogP contribution in [-0.4, -0.2) is 31.7 Å². The molecule has 3 aromatic rings. The van der Waals surface area contributed by atoms with Gasteiger partial charge in [0.2, 0.25) is 12.7 Å². The van der Waals surface area contributed by atoms with Crippen LogP contribution >= 0.6 is 11.6 Å². The van der Waals surface area contributed by atoms with Crippen molar-refractivity contribution < 1.29 is 33.3 Å². The molecule has 170 valence electrons. The number of esters is 2. The smallest absolute Gasteiger partial charge is 0.363 e. The highest BCUT2D eigenvalue weighted by atomic mass is 35.5. The molecule has 0 amide bonds. The van der Waals surface area contributed by atoms with E-state index in [1.54, 1.807) is 66.7 Å². The van der Waals surface area contributed by atoms with Gasteiger partial charge in [-0.3, -0.25) is 0 Å². The molecule has 0 spiro atoms. The normalized spacial score (nSPS) is 15.2. The monoisotopic (exact) mass is 477 g/mol. The number of halogens is 1. The van der Waals surface area contributed by atoms with Gasteiger partial charge in [0.05, 0.1) is 12.7 Å². The van der Waals surface area contributed by atoms with E-state index in [9.17, 15) is 9.59 Å². The predicted molar refractivity (Wildman–Crippen MR) is 123 cm³/mol. The first-order valence-electron chi connectivity index (χ1n) is 10.1. The van der Waals surface area contributed by atoms with Crippen molar-refractivity contribution in [3.05, 3.63) is 88.1 Å². The van der Waals surface area contributed by atoms with Gasteiger partial charge >= 0.3 is 11.9 Å². The minimum Gasteiger partial charge on any atom is -0.493 e. The molecule has 0 radical (unpaired) electrons. The van der Waals surface area contributed by atoms with Gasteiger partial charge in [-0.05, 0) is 66.2 Å². The molecule has 0 bridgehead atoms. The van der Waals surface area contributed by atoms with Gasteiger partial charge in [-0.1, -0.05) is 17.7 Å². The van der Waals surface area contributed by atoms with E-state index in [4.69, 9.17) is 35.3 Å². The molecule has 2 aliphatic heterocycles. The van der Waals surface area contributed by atoms with Crippen molar-refractivity contribution in [2.45, 2.75) is 0 Å². The molecule has 0 saturated carbocycles. The van der Waals surface area contributed by atoms with Crippen LogP contribution in [-0.2, 0) is 9.53 Å². The molecule has 0 atom stereocenters. The summed E-state index contributed by atoms with van der Waals surface area (Å²) in [5.41, 5.74) is 1.66. The molecule has 5 rings (SSSR count). The molecular weight excluding hydrogens is 462 g/mol. The van der Waals surface area contributed by atoms with Crippen LogP contribution in [0.2, 0.25) is 5.02 Å². The lowest BCUT2D eigenvalue weighted by Crippen LogP contribution is -2.09. The van der Waals surface area contributed by atoms with Crippen LogP contribution in [0.5, 0.6) is 23.0 Å². The average Bonchev–Trinajstić information content (AvgIpc) is 3.46. The van der Waals surface area contributed by atoms with Gasteiger partial charge in [0.1, 0.15) is 0 Å². The topological polar surface area (TPSA) is 92.7 Å². The number of nitrogens with zero attached hydrogens (tertiary/aromatic N) is 1. The lowest BCUT2D eigenvalue weighted by molar-refractivity contribution is -0.129. The summed E-state index contributed by atoms with van der Waals surface area (Å²) in [5, 5.41) is 0.566. The fourth-order valence-corrected chi connectivity index (χ4v) is 3.45. The van der Waals surface area contributed by atoms with Crippen LogP contribution in [0.25, 0.3) is 6.08 Å². The maximum Gasteiger partial charge on any atom is 0.363 e. The minimum atomic E-state index is -0.584. The maximum atomic E-state index is 12.6. The first-order chi connectivity index (χ1) is 16.5. The summed E-state index contributed by atoms with van der Waals surface area (Å²) in [7, 11) is 1.45. The Labute approximate surface area is 198 Å². The molecule has 34 heavy (non-hydrogen) atoms. The number of methoxy groups -OCH3 is 1. The van der Waals surface area contributed by atoms with Crippen molar-refractivity contribution in [3.63, 3.8) is 0 Å². The van der Waals surface area contributed by atoms with Crippen molar-refractivity contribution in [1.29, 1.82) is 0 Å². The van der Waals surface area contributed by atoms with Gasteiger partial charge in [0.15, 0.2) is 28.7 Å². The zero-order valence-corrected chi connectivity index (χ0v) is 18.5. The summed E-state index contributed by atoms with van der Waals surface area (Å²) in [5.74, 6) is 0.586. The number of rotatable bonds is 5. The number of aliphatic imine (C=N–C) groups is 1. The largest absolute Gasteiger partial charge is 0.493 e. The van der Waals surface area contributed by atoms with Crippen molar-refractivity contribution in [2.75, 3.05) is 13.9 Å². The number of carbonyl (C=O) groups excluding carboxylic acids is 2. The van der Waals surface area contributed by atoms with Crippen molar-refractivity contribution in [1.82, 2.24) is 0 Å². The lowest BCUT2D eigenvalue weighted by Gasteiger charge is -2.10. The second-order valence-corrected chi connectivity index (χ2v) is 7.65. The van der Waals surface area contributed by atoms with Crippen LogP contribution in [0.1, 0.15) is 21.5 Å². The molecule has 0 unspecified atom stereocenters. The Morgan fingerprint density at radius 1 is 1.00 bits per heavy atom. The van der Waals surface area contributed by atoms with Crippen molar-refractivity contribution in [3.8, 4) is 23.0 Å². The number of carbonyl (C=O) groups is 2. The van der Waals surface area contributed by atoms with Crippen LogP contribution < -0.4 is 18.9 Å². The third kappa shape index (κ3) is 4.31. The Balaban J connectivity index is 1.36. The van der Waals surface area contributed by atoms with Gasteiger partial charge < -0.3 is 23.7 Å². The Morgan fingerprint density at radius 3 is 2.59 bits per heavy atom. The molecule has 2 heterocycles. The fourth-order valence-electron chi connectivity index (χ4n) is 3.32. The van der Waals surface area contributed by atoms with E-state index in [-0.39, 0.29) is 24.1 Å². The van der Waals surface area contributed by atoms with E-state index in [0.717, 1.165) is 0 Å². The molecule has 2 aliphatic rings. The number of cyclic esters (lactones) is 1. The Hall–Kier alpha value is -4.30. The molecule has 0 fully saturated rings. The summed E-state index contributed by atoms with van der Waals surface area (Å²) in [6, 6.07) is 16.4. The third-order valence-electron chi connectivity index (χ3n) is 5.01. The average molecular weight is 478 g/mol. The third-order valence-corrected chi connectivity index (χ3v) is 5.27. The van der Waals surface area contributed by atoms with Crippen LogP contribution in [0, 0.1) is 0 Å². The molecule has 0 saturated heterocycles. The number of hydrogen-bond donors (Lipinski definition) is 0. The lowest BCUT2D eigenvalue weighted by atomic mass is 10.1. The molecule has 0 aliphatic carbocycles.